The Morgan fingerprint density at radius 2 is 0.464 bits per heavy atom. The fourth-order valence-electron chi connectivity index (χ4n) is 14.2. The third-order valence-electron chi connectivity index (χ3n) is 21.7. The molecule has 0 aliphatic carbocycles. The van der Waals surface area contributed by atoms with E-state index in [9.17, 15) is 43.2 Å². The number of aliphatic hydroxyl groups is 1. The summed E-state index contributed by atoms with van der Waals surface area (Å²) in [5, 5.41) is 10.7. The van der Waals surface area contributed by atoms with Crippen molar-refractivity contribution in [2.45, 2.75) is 503 Å². The Balaban J connectivity index is 5.23. The minimum absolute atomic E-state index is 0.108. The molecular weight excluding hydrogens is 1430 g/mol. The highest BCUT2D eigenvalue weighted by molar-refractivity contribution is 7.47. The van der Waals surface area contributed by atoms with Crippen LogP contribution in [-0.2, 0) is 65.4 Å². The normalized spacial score (nSPS) is 14.0. The first kappa shape index (κ1) is 108. The maximum atomic E-state index is 13.2. The molecule has 0 amide bonds. The Bertz CT molecular complexity index is 2120. The molecule has 0 aromatic heterocycles. The Kier molecular flexibility index (Phi) is 79.4. The molecule has 0 saturated heterocycles. The molecule has 0 aromatic rings. The summed E-state index contributed by atoms with van der Waals surface area (Å²) in [6.07, 6.45) is 73.6. The zero-order valence-corrected chi connectivity index (χ0v) is 74.5. The van der Waals surface area contributed by atoms with Gasteiger partial charge in [-0.2, -0.15) is 0 Å². The van der Waals surface area contributed by atoms with Crippen molar-refractivity contribution in [2.24, 2.45) is 17.8 Å². The number of phosphoric ester groups is 2. The Hall–Kier alpha value is -1.94. The maximum absolute atomic E-state index is 13.2. The van der Waals surface area contributed by atoms with Crippen molar-refractivity contribution < 1.29 is 80.2 Å². The SMILES string of the molecule is CCCCCCCCCCCCCC(=O)OC[C@H](COP(=O)(O)OC[C@H](O)COP(=O)(O)OC[C@@H](COC(=O)CCCCCCCCCCCCCCCCCCCCC(C)C)OC(=O)CCCCCCCCCCCCCCCCCCCCC(C)CC)OC(=O)CCCCCCCCCCCCCCCC(C)C. The standard InChI is InChI=1S/C91H178O17P2/c1-8-10-11-12-13-14-34-44-51-58-65-72-88(93)101-78-86(107-91(96)75-68-61-54-47-40-33-27-29-36-42-49-56-63-70-83(5)6)80-105-109(97,98)103-76-85(92)77-104-110(99,100)106-81-87(79-102-89(94)73-66-59-52-45-38-31-25-21-17-15-19-23-28-35-41-48-55-62-69-82(3)4)108-90(95)74-67-60-53-46-39-32-26-22-18-16-20-24-30-37-43-50-57-64-71-84(7)9-2/h82-87,92H,8-81H2,1-7H3,(H,97,98)(H,99,100)/t84?,85-,86+,87+/m0/s1. The number of aliphatic hydroxyl groups excluding tert-OH is 1. The fraction of sp³-hybridized carbons (Fsp3) is 0.956. The van der Waals surface area contributed by atoms with E-state index in [4.69, 9.17) is 37.0 Å². The average molecular weight is 1610 g/mol. The minimum atomic E-state index is -4.97. The Morgan fingerprint density at radius 1 is 0.264 bits per heavy atom. The lowest BCUT2D eigenvalue weighted by Gasteiger charge is -2.21. The number of unbranched alkanes of at least 4 members (excludes halogenated alkanes) is 56. The number of hydrogen-bond acceptors (Lipinski definition) is 15. The molecule has 3 unspecified atom stereocenters. The predicted molar refractivity (Wildman–Crippen MR) is 455 cm³/mol. The summed E-state index contributed by atoms with van der Waals surface area (Å²) in [4.78, 5) is 73.4. The highest BCUT2D eigenvalue weighted by Crippen LogP contribution is 2.45. The lowest BCUT2D eigenvalue weighted by molar-refractivity contribution is -0.161. The maximum Gasteiger partial charge on any atom is 0.472 e. The highest BCUT2D eigenvalue weighted by Gasteiger charge is 2.31. The van der Waals surface area contributed by atoms with E-state index in [1.165, 1.54) is 295 Å². The third-order valence-corrected chi connectivity index (χ3v) is 23.6. The third kappa shape index (κ3) is 82.6. The molecule has 17 nitrogen and oxygen atoms in total. The molecule has 0 aromatic carbocycles. The van der Waals surface area contributed by atoms with E-state index in [2.05, 4.69) is 48.5 Å². The van der Waals surface area contributed by atoms with Crippen molar-refractivity contribution in [1.29, 1.82) is 0 Å². The quantitative estimate of drug-likeness (QED) is 0.0222. The molecule has 0 aliphatic heterocycles. The molecule has 0 saturated carbocycles. The molecule has 110 heavy (non-hydrogen) atoms. The van der Waals surface area contributed by atoms with Gasteiger partial charge < -0.3 is 33.8 Å². The van der Waals surface area contributed by atoms with Crippen LogP contribution < -0.4 is 0 Å². The number of phosphoric acid groups is 2. The summed E-state index contributed by atoms with van der Waals surface area (Å²) >= 11 is 0. The van der Waals surface area contributed by atoms with Crippen LogP contribution in [0.1, 0.15) is 485 Å². The summed E-state index contributed by atoms with van der Waals surface area (Å²) < 4.78 is 69.0. The lowest BCUT2D eigenvalue weighted by Crippen LogP contribution is -2.30. The van der Waals surface area contributed by atoms with Gasteiger partial charge in [-0.1, -0.05) is 434 Å². The van der Waals surface area contributed by atoms with E-state index in [-0.39, 0.29) is 25.7 Å². The Labute approximate surface area is 677 Å². The second-order valence-corrected chi connectivity index (χ2v) is 36.8. The zero-order chi connectivity index (χ0) is 80.8. The molecule has 6 atom stereocenters. The van der Waals surface area contributed by atoms with E-state index in [0.717, 1.165) is 108 Å². The largest absolute Gasteiger partial charge is 0.472 e. The van der Waals surface area contributed by atoms with Gasteiger partial charge in [-0.15, -0.1) is 0 Å². The number of esters is 4. The van der Waals surface area contributed by atoms with Crippen LogP contribution in [0.2, 0.25) is 0 Å². The number of carbonyl (C=O) groups excluding carboxylic acids is 4. The number of hydrogen-bond donors (Lipinski definition) is 3. The molecular formula is C91H178O17P2. The molecule has 0 rings (SSSR count). The lowest BCUT2D eigenvalue weighted by atomic mass is 9.99. The topological polar surface area (TPSA) is 237 Å². The highest BCUT2D eigenvalue weighted by atomic mass is 31.2. The smallest absolute Gasteiger partial charge is 0.462 e. The zero-order valence-electron chi connectivity index (χ0n) is 72.7. The summed E-state index contributed by atoms with van der Waals surface area (Å²) in [6.45, 7) is 12.1. The molecule has 654 valence electrons. The van der Waals surface area contributed by atoms with E-state index >= 15 is 0 Å². The van der Waals surface area contributed by atoms with Crippen LogP contribution in [-0.4, -0.2) is 96.7 Å². The predicted octanol–water partition coefficient (Wildman–Crippen LogP) is 28.0. The van der Waals surface area contributed by atoms with Crippen LogP contribution in [0.3, 0.4) is 0 Å². The van der Waals surface area contributed by atoms with Crippen molar-refractivity contribution in [3.05, 3.63) is 0 Å². The van der Waals surface area contributed by atoms with Crippen LogP contribution in [0.4, 0.5) is 0 Å². The van der Waals surface area contributed by atoms with E-state index in [0.29, 0.717) is 25.7 Å². The second-order valence-electron chi connectivity index (χ2n) is 33.9. The van der Waals surface area contributed by atoms with E-state index in [1.807, 2.05) is 0 Å². The van der Waals surface area contributed by atoms with Crippen LogP contribution in [0.25, 0.3) is 0 Å². The number of rotatable bonds is 89. The molecule has 19 heteroatoms. The van der Waals surface area contributed by atoms with Gasteiger partial charge in [0.1, 0.15) is 19.3 Å². The monoisotopic (exact) mass is 1610 g/mol. The number of carbonyl (C=O) groups is 4. The van der Waals surface area contributed by atoms with Gasteiger partial charge in [-0.05, 0) is 43.4 Å². The van der Waals surface area contributed by atoms with Crippen molar-refractivity contribution in [3.8, 4) is 0 Å². The first-order valence-electron chi connectivity index (χ1n) is 46.9. The van der Waals surface area contributed by atoms with E-state index < -0.39 is 97.5 Å². The summed E-state index contributed by atoms with van der Waals surface area (Å²) in [5.74, 6) is 0.383. The minimum Gasteiger partial charge on any atom is -0.462 e. The van der Waals surface area contributed by atoms with E-state index in [1.54, 1.807) is 0 Å². The van der Waals surface area contributed by atoms with Gasteiger partial charge in [0.15, 0.2) is 12.2 Å². The number of ether oxygens (including phenoxy) is 4. The van der Waals surface area contributed by atoms with Crippen LogP contribution in [0, 0.1) is 17.8 Å². The van der Waals surface area contributed by atoms with Crippen LogP contribution in [0.15, 0.2) is 0 Å². The average Bonchev–Trinajstić information content (AvgIpc) is 0.898. The second kappa shape index (κ2) is 80.8. The van der Waals surface area contributed by atoms with Gasteiger partial charge in [0.05, 0.1) is 26.4 Å². The van der Waals surface area contributed by atoms with Crippen molar-refractivity contribution >= 4 is 39.5 Å². The molecule has 0 radical (unpaired) electrons. The van der Waals surface area contributed by atoms with Gasteiger partial charge in [0.25, 0.3) is 0 Å². The van der Waals surface area contributed by atoms with Gasteiger partial charge in [0.2, 0.25) is 0 Å². The molecule has 3 N–H and O–H groups in total. The van der Waals surface area contributed by atoms with Crippen LogP contribution in [0.5, 0.6) is 0 Å². The molecule has 0 spiro atoms. The van der Waals surface area contributed by atoms with Crippen molar-refractivity contribution in [2.75, 3.05) is 39.6 Å². The summed E-state index contributed by atoms with van der Waals surface area (Å²) in [6, 6.07) is 0. The molecule has 0 bridgehead atoms. The van der Waals surface area contributed by atoms with Crippen molar-refractivity contribution in [3.63, 3.8) is 0 Å². The molecule has 0 aliphatic rings. The first-order valence-corrected chi connectivity index (χ1v) is 49.9. The molecule has 0 fully saturated rings. The van der Waals surface area contributed by atoms with Crippen molar-refractivity contribution in [1.82, 2.24) is 0 Å². The van der Waals surface area contributed by atoms with Gasteiger partial charge in [-0.3, -0.25) is 37.3 Å². The summed E-state index contributed by atoms with van der Waals surface area (Å²) in [7, 11) is -9.93. The fourth-order valence-corrected chi connectivity index (χ4v) is 15.8. The molecule has 0 heterocycles. The van der Waals surface area contributed by atoms with Gasteiger partial charge in [0, 0.05) is 25.7 Å². The van der Waals surface area contributed by atoms with Gasteiger partial charge >= 0.3 is 39.5 Å². The van der Waals surface area contributed by atoms with Crippen LogP contribution >= 0.6 is 15.6 Å². The summed E-state index contributed by atoms with van der Waals surface area (Å²) in [5.41, 5.74) is 0. The Morgan fingerprint density at radius 3 is 0.691 bits per heavy atom. The van der Waals surface area contributed by atoms with Gasteiger partial charge in [-0.25, -0.2) is 9.13 Å². The first-order chi connectivity index (χ1) is 53.3.